The monoisotopic (exact) mass is 88.1 g/mol. The van der Waals surface area contributed by atoms with E-state index in [1.54, 1.807) is 0 Å². The Bertz CT molecular complexity index is 25.1. The lowest BCUT2D eigenvalue weighted by Gasteiger charge is -1.72. The second-order valence-electron chi connectivity index (χ2n) is 1.08. The third kappa shape index (κ3) is 9.33. The molecule has 0 aliphatic carbocycles. The quantitative estimate of drug-likeness (QED) is 0.453. The Morgan fingerprint density at radius 3 is 2.17 bits per heavy atom. The lowest BCUT2D eigenvalue weighted by Crippen LogP contribution is -1.52. The summed E-state index contributed by atoms with van der Waals surface area (Å²) >= 11 is 0. The number of allylic oxidation sites excluding steroid dienone is 1. The third-order valence-corrected chi connectivity index (χ3v) is 0.493. The Morgan fingerprint density at radius 1 is 1.67 bits per heavy atom. The number of rotatable bonds is 2. The fraction of sp³-hybridized carbons (Fsp3) is 0.600. The van der Waals surface area contributed by atoms with Crippen molar-refractivity contribution in [2.45, 2.75) is 19.8 Å². The first-order valence-electron chi connectivity index (χ1n) is 2.02. The minimum absolute atomic E-state index is 0. The summed E-state index contributed by atoms with van der Waals surface area (Å²) in [4.78, 5) is 0. The van der Waals surface area contributed by atoms with Gasteiger partial charge in [-0.15, -0.1) is 6.58 Å². The fourth-order valence-corrected chi connectivity index (χ4v) is 0.204. The zero-order valence-electron chi connectivity index (χ0n) is 4.20. The minimum atomic E-state index is 0. The van der Waals surface area contributed by atoms with Gasteiger partial charge in [0, 0.05) is 0 Å². The zero-order valence-corrected chi connectivity index (χ0v) is 4.20. The lowest BCUT2D eigenvalue weighted by molar-refractivity contribution is 0.824. The van der Waals surface area contributed by atoms with E-state index < -0.39 is 0 Å². The predicted molar refractivity (Wildman–Crippen MR) is 28.7 cm³/mol. The van der Waals surface area contributed by atoms with Gasteiger partial charge in [-0.3, -0.25) is 0 Å². The molecule has 38 valence electrons. The molecule has 0 saturated heterocycles. The molecule has 0 amide bonds. The molecule has 0 aromatic heterocycles. The van der Waals surface area contributed by atoms with Gasteiger partial charge in [0.15, 0.2) is 0 Å². The summed E-state index contributed by atoms with van der Waals surface area (Å²) in [5.41, 5.74) is 0. The molecule has 1 nitrogen and oxygen atoms in total. The molecule has 0 saturated carbocycles. The van der Waals surface area contributed by atoms with Crippen LogP contribution in [0.1, 0.15) is 19.8 Å². The molecular weight excluding hydrogens is 76.1 g/mol. The Kier molecular flexibility index (Phi) is 13.5. The van der Waals surface area contributed by atoms with Gasteiger partial charge in [-0.25, -0.2) is 0 Å². The molecule has 0 atom stereocenters. The van der Waals surface area contributed by atoms with Gasteiger partial charge in [0.05, 0.1) is 0 Å². The molecule has 0 fully saturated rings. The second-order valence-corrected chi connectivity index (χ2v) is 1.08. The standard InChI is InChI=1S/C5H10.H2O/c1-3-5-4-2;/h3H,1,4-5H2,2H3;1H2. The summed E-state index contributed by atoms with van der Waals surface area (Å²) in [6.45, 7) is 5.69. The van der Waals surface area contributed by atoms with Gasteiger partial charge in [0.25, 0.3) is 0 Å². The molecule has 0 aromatic carbocycles. The molecule has 2 N–H and O–H groups in total. The van der Waals surface area contributed by atoms with Gasteiger partial charge in [-0.2, -0.15) is 0 Å². The Morgan fingerprint density at radius 2 is 2.17 bits per heavy atom. The molecule has 0 bridgehead atoms. The number of hydrogen-bond donors (Lipinski definition) is 0. The van der Waals surface area contributed by atoms with Crippen molar-refractivity contribution in [1.82, 2.24) is 0 Å². The van der Waals surface area contributed by atoms with Crippen molar-refractivity contribution in [3.63, 3.8) is 0 Å². The van der Waals surface area contributed by atoms with Crippen LogP contribution in [0.4, 0.5) is 0 Å². The summed E-state index contributed by atoms with van der Waals surface area (Å²) in [5, 5.41) is 0. The van der Waals surface area contributed by atoms with E-state index in [0.717, 1.165) is 6.42 Å². The molecule has 0 aliphatic rings. The lowest BCUT2D eigenvalue weighted by atomic mass is 10.3. The van der Waals surface area contributed by atoms with Crippen molar-refractivity contribution in [3.05, 3.63) is 12.7 Å². The SMILES string of the molecule is C=CCCC.O. The first-order valence-corrected chi connectivity index (χ1v) is 2.02. The molecule has 0 heterocycles. The van der Waals surface area contributed by atoms with Crippen LogP contribution in [0.25, 0.3) is 0 Å². The number of hydrogen-bond acceptors (Lipinski definition) is 0. The van der Waals surface area contributed by atoms with Crippen LogP contribution >= 0.6 is 0 Å². The molecule has 0 unspecified atom stereocenters. The average molecular weight is 88.1 g/mol. The van der Waals surface area contributed by atoms with Crippen molar-refractivity contribution in [1.29, 1.82) is 0 Å². The highest BCUT2D eigenvalue weighted by molar-refractivity contribution is 4.63. The summed E-state index contributed by atoms with van der Waals surface area (Å²) in [6.07, 6.45) is 4.31. The van der Waals surface area contributed by atoms with E-state index in [9.17, 15) is 0 Å². The summed E-state index contributed by atoms with van der Waals surface area (Å²) < 4.78 is 0. The highest BCUT2D eigenvalue weighted by atomic mass is 16.0. The van der Waals surface area contributed by atoms with Gasteiger partial charge in [0.2, 0.25) is 0 Å². The van der Waals surface area contributed by atoms with Crippen LogP contribution in [0.2, 0.25) is 0 Å². The van der Waals surface area contributed by atoms with E-state index in [4.69, 9.17) is 0 Å². The second kappa shape index (κ2) is 8.83. The Hall–Kier alpha value is -0.300. The first-order chi connectivity index (χ1) is 2.41. The topological polar surface area (TPSA) is 31.5 Å². The van der Waals surface area contributed by atoms with E-state index in [0.29, 0.717) is 0 Å². The molecule has 0 rings (SSSR count). The van der Waals surface area contributed by atoms with Crippen LogP contribution in [0, 0.1) is 0 Å². The molecular formula is C5H12O. The van der Waals surface area contributed by atoms with Gasteiger partial charge < -0.3 is 5.48 Å². The van der Waals surface area contributed by atoms with Crippen molar-refractivity contribution < 1.29 is 5.48 Å². The van der Waals surface area contributed by atoms with Crippen molar-refractivity contribution >= 4 is 0 Å². The van der Waals surface area contributed by atoms with Crippen LogP contribution in [-0.2, 0) is 0 Å². The molecule has 0 aliphatic heterocycles. The van der Waals surface area contributed by atoms with Crippen molar-refractivity contribution in [2.24, 2.45) is 0 Å². The molecule has 0 spiro atoms. The maximum Gasteiger partial charge on any atom is -0.0356 e. The van der Waals surface area contributed by atoms with E-state index in [-0.39, 0.29) is 5.48 Å². The van der Waals surface area contributed by atoms with Gasteiger partial charge >= 0.3 is 0 Å². The number of unbranched alkanes of at least 4 members (excludes halogenated alkanes) is 1. The Balaban J connectivity index is 0. The predicted octanol–water partition coefficient (Wildman–Crippen LogP) is 1.15. The van der Waals surface area contributed by atoms with Crippen molar-refractivity contribution in [2.75, 3.05) is 0 Å². The van der Waals surface area contributed by atoms with Gasteiger partial charge in [-0.05, 0) is 6.42 Å². The average Bonchev–Trinajstić information content (AvgIpc) is 1.41. The molecule has 0 aromatic rings. The highest BCUT2D eigenvalue weighted by Gasteiger charge is 1.61. The fourth-order valence-electron chi connectivity index (χ4n) is 0.204. The minimum Gasteiger partial charge on any atom is -0.412 e. The van der Waals surface area contributed by atoms with Crippen molar-refractivity contribution in [3.8, 4) is 0 Å². The third-order valence-electron chi connectivity index (χ3n) is 0.493. The molecule has 0 radical (unpaired) electrons. The van der Waals surface area contributed by atoms with Crippen LogP contribution in [0.5, 0.6) is 0 Å². The summed E-state index contributed by atoms with van der Waals surface area (Å²) in [5.74, 6) is 0. The normalized spacial score (nSPS) is 6.17. The van der Waals surface area contributed by atoms with E-state index >= 15 is 0 Å². The smallest absolute Gasteiger partial charge is 0.0356 e. The molecule has 1 heteroatoms. The van der Waals surface area contributed by atoms with Crippen LogP contribution < -0.4 is 0 Å². The van der Waals surface area contributed by atoms with E-state index in [1.807, 2.05) is 6.08 Å². The van der Waals surface area contributed by atoms with Gasteiger partial charge in [-0.1, -0.05) is 19.4 Å². The maximum absolute atomic E-state index is 3.55. The van der Waals surface area contributed by atoms with Gasteiger partial charge in [0.1, 0.15) is 0 Å². The summed E-state index contributed by atoms with van der Waals surface area (Å²) in [6, 6.07) is 0. The zero-order chi connectivity index (χ0) is 4.12. The molecule has 6 heavy (non-hydrogen) atoms. The van der Waals surface area contributed by atoms with E-state index in [1.165, 1.54) is 6.42 Å². The van der Waals surface area contributed by atoms with E-state index in [2.05, 4.69) is 13.5 Å². The largest absolute Gasteiger partial charge is 0.412 e. The summed E-state index contributed by atoms with van der Waals surface area (Å²) in [7, 11) is 0. The maximum atomic E-state index is 3.55. The van der Waals surface area contributed by atoms with Crippen LogP contribution in [0.3, 0.4) is 0 Å². The first kappa shape index (κ1) is 9.20. The van der Waals surface area contributed by atoms with Crippen LogP contribution in [0.15, 0.2) is 12.7 Å². The van der Waals surface area contributed by atoms with Crippen LogP contribution in [-0.4, -0.2) is 5.48 Å². The Labute approximate surface area is 39.0 Å². The highest BCUT2D eigenvalue weighted by Crippen LogP contribution is 1.82.